The number of esters is 1. The molecule has 2 aromatic carbocycles. The fourth-order valence-corrected chi connectivity index (χ4v) is 3.81. The van der Waals surface area contributed by atoms with Gasteiger partial charge in [0.15, 0.2) is 0 Å². The predicted molar refractivity (Wildman–Crippen MR) is 87.3 cm³/mol. The second-order valence-electron chi connectivity index (χ2n) is 6.15. The Hall–Kier alpha value is -2.40. The SMILES string of the molecule is COC(=O)c1cccc2c1N[C@@H](c1ccccc1F)[C@H]1CCO[C@@H]21. The quantitative estimate of drug-likeness (QED) is 0.851. The zero-order valence-electron chi connectivity index (χ0n) is 13.3. The minimum Gasteiger partial charge on any atom is -0.465 e. The Morgan fingerprint density at radius 3 is 2.79 bits per heavy atom. The smallest absolute Gasteiger partial charge is 0.339 e. The maximum absolute atomic E-state index is 14.4. The van der Waals surface area contributed by atoms with Crippen LogP contribution in [0.15, 0.2) is 42.5 Å². The van der Waals surface area contributed by atoms with Crippen LogP contribution in [-0.4, -0.2) is 19.7 Å². The Morgan fingerprint density at radius 1 is 1.21 bits per heavy atom. The Morgan fingerprint density at radius 2 is 2.00 bits per heavy atom. The Balaban J connectivity index is 1.84. The van der Waals surface area contributed by atoms with E-state index in [1.165, 1.54) is 13.2 Å². The van der Waals surface area contributed by atoms with Crippen molar-refractivity contribution in [3.8, 4) is 0 Å². The molecule has 4 nitrogen and oxygen atoms in total. The standard InChI is InChI=1S/C19H18FNO3/c1-23-19(22)14-7-4-6-12-17(14)21-16(13-9-10-24-18(12)13)11-5-2-3-8-15(11)20/h2-8,13,16,18,21H,9-10H2,1H3/t13-,16+,18+/m1/s1. The van der Waals surface area contributed by atoms with E-state index in [0.29, 0.717) is 23.4 Å². The molecular weight excluding hydrogens is 309 g/mol. The predicted octanol–water partition coefficient (Wildman–Crippen LogP) is 3.86. The van der Waals surface area contributed by atoms with Crippen molar-refractivity contribution in [1.29, 1.82) is 0 Å². The van der Waals surface area contributed by atoms with Crippen LogP contribution in [0.25, 0.3) is 0 Å². The zero-order valence-corrected chi connectivity index (χ0v) is 13.3. The second-order valence-corrected chi connectivity index (χ2v) is 6.15. The van der Waals surface area contributed by atoms with E-state index in [1.807, 2.05) is 18.2 Å². The number of ether oxygens (including phenoxy) is 2. The average molecular weight is 327 g/mol. The number of methoxy groups -OCH3 is 1. The third kappa shape index (κ3) is 2.27. The van der Waals surface area contributed by atoms with Gasteiger partial charge in [0, 0.05) is 23.7 Å². The van der Waals surface area contributed by atoms with Gasteiger partial charge in [-0.25, -0.2) is 9.18 Å². The molecule has 1 saturated heterocycles. The Kier molecular flexibility index (Phi) is 3.73. The molecule has 0 aliphatic carbocycles. The number of fused-ring (bicyclic) bond motifs is 3. The highest BCUT2D eigenvalue weighted by molar-refractivity contribution is 5.96. The number of para-hydroxylation sites is 1. The molecule has 0 saturated carbocycles. The summed E-state index contributed by atoms with van der Waals surface area (Å²) in [5, 5.41) is 3.39. The van der Waals surface area contributed by atoms with Gasteiger partial charge < -0.3 is 14.8 Å². The highest BCUT2D eigenvalue weighted by atomic mass is 19.1. The van der Waals surface area contributed by atoms with Crippen molar-refractivity contribution < 1.29 is 18.7 Å². The van der Waals surface area contributed by atoms with Gasteiger partial charge in [0.05, 0.1) is 30.5 Å². The number of rotatable bonds is 2. The molecular formula is C19H18FNO3. The highest BCUT2D eigenvalue weighted by Gasteiger charge is 2.43. The van der Waals surface area contributed by atoms with Gasteiger partial charge in [-0.05, 0) is 18.6 Å². The summed E-state index contributed by atoms with van der Waals surface area (Å²) in [4.78, 5) is 12.1. The van der Waals surface area contributed by atoms with Crippen LogP contribution in [0.2, 0.25) is 0 Å². The lowest BCUT2D eigenvalue weighted by molar-refractivity contribution is 0.0598. The minimum absolute atomic E-state index is 0.127. The van der Waals surface area contributed by atoms with Gasteiger partial charge in [0.25, 0.3) is 0 Å². The summed E-state index contributed by atoms with van der Waals surface area (Å²) in [6.45, 7) is 0.629. The number of halogens is 1. The normalized spacial score (nSPS) is 24.7. The molecule has 0 spiro atoms. The fraction of sp³-hybridized carbons (Fsp3) is 0.316. The van der Waals surface area contributed by atoms with Crippen molar-refractivity contribution in [2.45, 2.75) is 18.6 Å². The number of hydrogen-bond donors (Lipinski definition) is 1. The number of hydrogen-bond acceptors (Lipinski definition) is 4. The zero-order chi connectivity index (χ0) is 16.7. The van der Waals surface area contributed by atoms with Gasteiger partial charge in [0.1, 0.15) is 5.82 Å². The third-order valence-corrected chi connectivity index (χ3v) is 4.91. The molecule has 1 N–H and O–H groups in total. The van der Waals surface area contributed by atoms with Crippen molar-refractivity contribution in [2.24, 2.45) is 5.92 Å². The molecule has 5 heteroatoms. The number of benzene rings is 2. The molecule has 3 atom stereocenters. The van der Waals surface area contributed by atoms with Gasteiger partial charge in [-0.1, -0.05) is 30.3 Å². The first-order chi connectivity index (χ1) is 11.7. The van der Waals surface area contributed by atoms with Gasteiger partial charge >= 0.3 is 5.97 Å². The van der Waals surface area contributed by atoms with Crippen LogP contribution in [0.3, 0.4) is 0 Å². The van der Waals surface area contributed by atoms with Crippen LogP contribution in [0, 0.1) is 11.7 Å². The largest absolute Gasteiger partial charge is 0.465 e. The maximum Gasteiger partial charge on any atom is 0.339 e. The molecule has 0 unspecified atom stereocenters. The van der Waals surface area contributed by atoms with E-state index < -0.39 is 5.97 Å². The van der Waals surface area contributed by atoms with Crippen molar-refractivity contribution in [3.05, 3.63) is 65.0 Å². The maximum atomic E-state index is 14.4. The second kappa shape index (κ2) is 5.91. The molecule has 2 aliphatic heterocycles. The van der Waals surface area contributed by atoms with Gasteiger partial charge in [-0.3, -0.25) is 0 Å². The molecule has 0 bridgehead atoms. The lowest BCUT2D eigenvalue weighted by Gasteiger charge is -2.37. The molecule has 0 amide bonds. The summed E-state index contributed by atoms with van der Waals surface area (Å²) >= 11 is 0. The van der Waals surface area contributed by atoms with E-state index in [4.69, 9.17) is 9.47 Å². The lowest BCUT2D eigenvalue weighted by Crippen LogP contribution is -2.31. The molecule has 2 aromatic rings. The van der Waals surface area contributed by atoms with E-state index in [1.54, 1.807) is 18.2 Å². The number of carbonyl (C=O) groups excluding carboxylic acids is 1. The van der Waals surface area contributed by atoms with Crippen LogP contribution >= 0.6 is 0 Å². The minimum atomic E-state index is -0.414. The fourth-order valence-electron chi connectivity index (χ4n) is 3.81. The topological polar surface area (TPSA) is 47.6 Å². The summed E-state index contributed by atoms with van der Waals surface area (Å²) in [6, 6.07) is 12.0. The lowest BCUT2D eigenvalue weighted by atomic mass is 9.80. The summed E-state index contributed by atoms with van der Waals surface area (Å²) in [5.41, 5.74) is 2.67. The van der Waals surface area contributed by atoms with Crippen LogP contribution in [0.5, 0.6) is 0 Å². The third-order valence-electron chi connectivity index (χ3n) is 4.91. The number of anilines is 1. The number of nitrogens with one attached hydrogen (secondary N) is 1. The Bertz CT molecular complexity index is 792. The highest BCUT2D eigenvalue weighted by Crippen LogP contribution is 2.51. The van der Waals surface area contributed by atoms with Crippen LogP contribution in [0.4, 0.5) is 10.1 Å². The van der Waals surface area contributed by atoms with Crippen molar-refractivity contribution in [1.82, 2.24) is 0 Å². The molecule has 24 heavy (non-hydrogen) atoms. The van der Waals surface area contributed by atoms with E-state index in [9.17, 15) is 9.18 Å². The summed E-state index contributed by atoms with van der Waals surface area (Å²) < 4.78 is 25.2. The van der Waals surface area contributed by atoms with Gasteiger partial charge in [-0.2, -0.15) is 0 Å². The molecule has 0 aromatic heterocycles. The molecule has 2 heterocycles. The molecule has 0 radical (unpaired) electrons. The van der Waals surface area contributed by atoms with Gasteiger partial charge in [-0.15, -0.1) is 0 Å². The molecule has 2 aliphatic rings. The molecule has 124 valence electrons. The van der Waals surface area contributed by atoms with Crippen LogP contribution in [-0.2, 0) is 9.47 Å². The van der Waals surface area contributed by atoms with E-state index >= 15 is 0 Å². The molecule has 1 fully saturated rings. The number of carbonyl (C=O) groups is 1. The average Bonchev–Trinajstić information content (AvgIpc) is 3.10. The Labute approximate surface area is 139 Å². The van der Waals surface area contributed by atoms with E-state index in [2.05, 4.69) is 5.32 Å². The first-order valence-corrected chi connectivity index (χ1v) is 8.04. The van der Waals surface area contributed by atoms with Gasteiger partial charge in [0.2, 0.25) is 0 Å². The first-order valence-electron chi connectivity index (χ1n) is 8.04. The van der Waals surface area contributed by atoms with E-state index in [-0.39, 0.29) is 23.9 Å². The van der Waals surface area contributed by atoms with Crippen molar-refractivity contribution in [3.63, 3.8) is 0 Å². The van der Waals surface area contributed by atoms with E-state index in [0.717, 1.165) is 12.0 Å². The summed E-state index contributed by atoms with van der Waals surface area (Å²) in [5.74, 6) is -0.537. The molecule has 4 rings (SSSR count). The monoisotopic (exact) mass is 327 g/mol. The first kappa shape index (κ1) is 15.1. The summed E-state index contributed by atoms with van der Waals surface area (Å²) in [6.07, 6.45) is 0.703. The van der Waals surface area contributed by atoms with Crippen molar-refractivity contribution >= 4 is 11.7 Å². The summed E-state index contributed by atoms with van der Waals surface area (Å²) in [7, 11) is 1.35. The van der Waals surface area contributed by atoms with Crippen LogP contribution in [0.1, 0.15) is 40.1 Å². The van der Waals surface area contributed by atoms with Crippen molar-refractivity contribution in [2.75, 3.05) is 19.0 Å². The van der Waals surface area contributed by atoms with Crippen LogP contribution < -0.4 is 5.32 Å².